The molecule has 0 radical (unpaired) electrons. The summed E-state index contributed by atoms with van der Waals surface area (Å²) in [4.78, 5) is 18.4. The first-order valence-electron chi connectivity index (χ1n) is 8.14. The predicted molar refractivity (Wildman–Crippen MR) is 100 cm³/mol. The van der Waals surface area contributed by atoms with Gasteiger partial charge in [-0.25, -0.2) is 9.97 Å². The largest absolute Gasteiger partial charge is 0.444 e. The van der Waals surface area contributed by atoms with Gasteiger partial charge in [0, 0.05) is 23.2 Å². The fraction of sp³-hybridized carbons (Fsp3) is 0.0500. The third-order valence-electron chi connectivity index (χ3n) is 3.79. The summed E-state index contributed by atoms with van der Waals surface area (Å²) in [5, 5.41) is 0. The van der Waals surface area contributed by atoms with Crippen LogP contribution in [-0.2, 0) is 6.54 Å². The van der Waals surface area contributed by atoms with Crippen molar-refractivity contribution in [2.45, 2.75) is 6.54 Å². The van der Waals surface area contributed by atoms with E-state index in [4.69, 9.17) is 20.3 Å². The van der Waals surface area contributed by atoms with Crippen molar-refractivity contribution in [1.29, 1.82) is 0 Å². The Hall–Kier alpha value is -3.71. The van der Waals surface area contributed by atoms with E-state index >= 15 is 0 Å². The van der Waals surface area contributed by atoms with Gasteiger partial charge in [0.15, 0.2) is 24.3 Å². The number of rotatable bonds is 4. The summed E-state index contributed by atoms with van der Waals surface area (Å²) in [6.07, 6.45) is 6.08. The standard InChI is InChI=1S/C10H8N2O2.C10H10N2O/c11-10(13)8-3-1-7(2-4-8)9-5-12-6-14-9;11-5-8-1-3-9(4-2-8)10-6-12-7-13-10/h1-6H,(H2,11,13);1-4,6-7H,5,11H2. The zero-order valence-corrected chi connectivity index (χ0v) is 14.4. The van der Waals surface area contributed by atoms with E-state index in [1.165, 1.54) is 12.8 Å². The molecule has 0 saturated carbocycles. The van der Waals surface area contributed by atoms with Gasteiger partial charge < -0.3 is 20.3 Å². The molecule has 0 bridgehead atoms. The molecular weight excluding hydrogens is 344 g/mol. The van der Waals surface area contributed by atoms with Crippen molar-refractivity contribution < 1.29 is 13.6 Å². The minimum Gasteiger partial charge on any atom is -0.444 e. The van der Waals surface area contributed by atoms with Crippen LogP contribution in [0.2, 0.25) is 0 Å². The van der Waals surface area contributed by atoms with Crippen molar-refractivity contribution in [3.05, 3.63) is 84.8 Å². The summed E-state index contributed by atoms with van der Waals surface area (Å²) in [5.41, 5.74) is 14.1. The van der Waals surface area contributed by atoms with Crippen molar-refractivity contribution in [2.75, 3.05) is 0 Å². The third kappa shape index (κ3) is 4.68. The molecule has 2 heterocycles. The Bertz CT molecular complexity index is 961. The molecule has 0 spiro atoms. The number of nitrogens with two attached hydrogens (primary N) is 2. The van der Waals surface area contributed by atoms with E-state index in [0.29, 0.717) is 17.9 Å². The van der Waals surface area contributed by atoms with Crippen LogP contribution in [0.25, 0.3) is 22.6 Å². The molecule has 4 aromatic rings. The summed E-state index contributed by atoms with van der Waals surface area (Å²) in [6, 6.07) is 14.8. The van der Waals surface area contributed by atoms with Crippen LogP contribution in [0.15, 0.2) is 82.5 Å². The van der Waals surface area contributed by atoms with E-state index in [-0.39, 0.29) is 0 Å². The lowest BCUT2D eigenvalue weighted by Gasteiger charge is -1.97. The molecular formula is C20H18N4O3. The molecule has 0 fully saturated rings. The average Bonchev–Trinajstić information content (AvgIpc) is 3.43. The van der Waals surface area contributed by atoms with Crippen molar-refractivity contribution in [3.63, 3.8) is 0 Å². The predicted octanol–water partition coefficient (Wildman–Crippen LogP) is 3.24. The van der Waals surface area contributed by atoms with Gasteiger partial charge in [-0.1, -0.05) is 36.4 Å². The Morgan fingerprint density at radius 2 is 1.30 bits per heavy atom. The lowest BCUT2D eigenvalue weighted by Crippen LogP contribution is -2.10. The third-order valence-corrected chi connectivity index (χ3v) is 3.79. The number of carbonyl (C=O) groups is 1. The number of benzene rings is 2. The first-order chi connectivity index (χ1) is 13.2. The zero-order chi connectivity index (χ0) is 19.1. The van der Waals surface area contributed by atoms with Crippen LogP contribution >= 0.6 is 0 Å². The lowest BCUT2D eigenvalue weighted by atomic mass is 10.1. The number of hydrogen-bond acceptors (Lipinski definition) is 6. The van der Waals surface area contributed by atoms with Gasteiger partial charge in [-0.3, -0.25) is 4.79 Å². The van der Waals surface area contributed by atoms with Gasteiger partial charge >= 0.3 is 0 Å². The summed E-state index contributed by atoms with van der Waals surface area (Å²) < 4.78 is 10.2. The highest BCUT2D eigenvalue weighted by molar-refractivity contribution is 5.93. The highest BCUT2D eigenvalue weighted by Crippen LogP contribution is 2.19. The topological polar surface area (TPSA) is 121 Å². The molecule has 0 aliphatic carbocycles. The Morgan fingerprint density at radius 3 is 1.67 bits per heavy atom. The van der Waals surface area contributed by atoms with E-state index in [9.17, 15) is 4.79 Å². The summed E-state index contributed by atoms with van der Waals surface area (Å²) in [6.45, 7) is 0.566. The molecule has 4 rings (SSSR count). The molecule has 0 unspecified atom stereocenters. The van der Waals surface area contributed by atoms with E-state index in [1.807, 2.05) is 24.3 Å². The lowest BCUT2D eigenvalue weighted by molar-refractivity contribution is 0.100. The number of oxazole rings is 2. The van der Waals surface area contributed by atoms with Gasteiger partial charge in [0.25, 0.3) is 0 Å². The second-order valence-electron chi connectivity index (χ2n) is 5.57. The van der Waals surface area contributed by atoms with Crippen LogP contribution in [0, 0.1) is 0 Å². The van der Waals surface area contributed by atoms with Gasteiger partial charge in [-0.2, -0.15) is 0 Å². The van der Waals surface area contributed by atoms with E-state index in [0.717, 1.165) is 22.5 Å². The fourth-order valence-electron chi connectivity index (χ4n) is 2.32. The maximum Gasteiger partial charge on any atom is 0.248 e. The number of carbonyl (C=O) groups excluding carboxylic acids is 1. The first kappa shape index (κ1) is 18.1. The van der Waals surface area contributed by atoms with Crippen molar-refractivity contribution in [1.82, 2.24) is 9.97 Å². The Kier molecular flexibility index (Phi) is 5.76. The second-order valence-corrected chi connectivity index (χ2v) is 5.57. The van der Waals surface area contributed by atoms with Gasteiger partial charge in [-0.15, -0.1) is 0 Å². The van der Waals surface area contributed by atoms with Crippen LogP contribution < -0.4 is 11.5 Å². The summed E-state index contributed by atoms with van der Waals surface area (Å²) in [5.74, 6) is 1.01. The molecule has 136 valence electrons. The highest BCUT2D eigenvalue weighted by atomic mass is 16.3. The van der Waals surface area contributed by atoms with Crippen LogP contribution in [-0.4, -0.2) is 15.9 Å². The summed E-state index contributed by atoms with van der Waals surface area (Å²) in [7, 11) is 0. The number of amides is 1. The van der Waals surface area contributed by atoms with Crippen LogP contribution in [0.3, 0.4) is 0 Å². The molecule has 27 heavy (non-hydrogen) atoms. The Labute approximate surface area is 155 Å². The quantitative estimate of drug-likeness (QED) is 0.575. The van der Waals surface area contributed by atoms with E-state index in [1.54, 1.807) is 36.7 Å². The maximum atomic E-state index is 10.8. The molecule has 0 saturated heterocycles. The Balaban J connectivity index is 0.000000156. The molecule has 4 N–H and O–H groups in total. The normalized spacial score (nSPS) is 10.1. The fourth-order valence-corrected chi connectivity index (χ4v) is 2.32. The minimum atomic E-state index is -0.436. The molecule has 2 aromatic heterocycles. The summed E-state index contributed by atoms with van der Waals surface area (Å²) >= 11 is 0. The Morgan fingerprint density at radius 1 is 0.815 bits per heavy atom. The molecule has 0 aliphatic rings. The van der Waals surface area contributed by atoms with E-state index < -0.39 is 5.91 Å². The SMILES string of the molecule is NC(=O)c1ccc(-c2cnco2)cc1.NCc1ccc(-c2cnco2)cc1. The number of primary amides is 1. The van der Waals surface area contributed by atoms with Crippen molar-refractivity contribution in [3.8, 4) is 22.6 Å². The molecule has 0 aliphatic heterocycles. The van der Waals surface area contributed by atoms with Gasteiger partial charge in [0.1, 0.15) is 0 Å². The highest BCUT2D eigenvalue weighted by Gasteiger charge is 2.03. The van der Waals surface area contributed by atoms with Gasteiger partial charge in [-0.05, 0) is 17.7 Å². The molecule has 7 heteroatoms. The molecule has 2 aromatic carbocycles. The average molecular weight is 362 g/mol. The maximum absolute atomic E-state index is 10.8. The number of nitrogens with zero attached hydrogens (tertiary/aromatic N) is 2. The van der Waals surface area contributed by atoms with Crippen molar-refractivity contribution in [2.24, 2.45) is 11.5 Å². The monoisotopic (exact) mass is 362 g/mol. The van der Waals surface area contributed by atoms with E-state index in [2.05, 4.69) is 9.97 Å². The van der Waals surface area contributed by atoms with Gasteiger partial charge in [0.2, 0.25) is 5.91 Å². The van der Waals surface area contributed by atoms with Crippen LogP contribution in [0.1, 0.15) is 15.9 Å². The molecule has 1 amide bonds. The number of hydrogen-bond donors (Lipinski definition) is 2. The number of aromatic nitrogens is 2. The zero-order valence-electron chi connectivity index (χ0n) is 14.4. The molecule has 0 atom stereocenters. The van der Waals surface area contributed by atoms with Crippen LogP contribution in [0.5, 0.6) is 0 Å². The van der Waals surface area contributed by atoms with Crippen LogP contribution in [0.4, 0.5) is 0 Å². The van der Waals surface area contributed by atoms with Gasteiger partial charge in [0.05, 0.1) is 12.4 Å². The molecule has 7 nitrogen and oxygen atoms in total. The first-order valence-corrected chi connectivity index (χ1v) is 8.14. The minimum absolute atomic E-state index is 0.436. The smallest absolute Gasteiger partial charge is 0.248 e. The second kappa shape index (κ2) is 8.59. The van der Waals surface area contributed by atoms with Crippen molar-refractivity contribution >= 4 is 5.91 Å².